The maximum absolute atomic E-state index is 11.6. The van der Waals surface area contributed by atoms with Crippen molar-refractivity contribution in [3.63, 3.8) is 0 Å². The van der Waals surface area contributed by atoms with Crippen molar-refractivity contribution in [2.24, 2.45) is 0 Å². The molecule has 0 fully saturated rings. The monoisotopic (exact) mass is 293 g/mol. The zero-order valence-electron chi connectivity index (χ0n) is 11.9. The standard InChI is InChI=1S/C15H19NO5/c1-2-20-14(18)4-3-5-15(19)21-13(10-17)11-6-8-12(16)9-7-11/h6-10,13H,2-5,16H2,1H3. The van der Waals surface area contributed by atoms with Crippen molar-refractivity contribution >= 4 is 23.9 Å². The van der Waals surface area contributed by atoms with Gasteiger partial charge in [-0.2, -0.15) is 0 Å². The Morgan fingerprint density at radius 3 is 2.38 bits per heavy atom. The maximum Gasteiger partial charge on any atom is 0.306 e. The molecule has 1 atom stereocenters. The molecule has 2 N–H and O–H groups in total. The number of benzene rings is 1. The van der Waals surface area contributed by atoms with Crippen molar-refractivity contribution in [1.29, 1.82) is 0 Å². The normalized spacial score (nSPS) is 11.5. The van der Waals surface area contributed by atoms with E-state index in [-0.39, 0.29) is 18.8 Å². The third-order valence-electron chi connectivity index (χ3n) is 2.71. The number of aldehydes is 1. The van der Waals surface area contributed by atoms with Gasteiger partial charge >= 0.3 is 11.9 Å². The molecule has 1 unspecified atom stereocenters. The molecule has 0 saturated carbocycles. The highest BCUT2D eigenvalue weighted by Gasteiger charge is 2.16. The molecule has 0 spiro atoms. The van der Waals surface area contributed by atoms with Crippen molar-refractivity contribution in [3.05, 3.63) is 29.8 Å². The molecule has 1 aromatic rings. The van der Waals surface area contributed by atoms with Crippen molar-refractivity contribution in [2.45, 2.75) is 32.3 Å². The number of carbonyl (C=O) groups is 3. The highest BCUT2D eigenvalue weighted by atomic mass is 16.5. The van der Waals surface area contributed by atoms with Gasteiger partial charge in [-0.3, -0.25) is 14.4 Å². The van der Waals surface area contributed by atoms with Gasteiger partial charge in [0, 0.05) is 18.5 Å². The molecule has 0 radical (unpaired) electrons. The minimum Gasteiger partial charge on any atom is -0.466 e. The summed E-state index contributed by atoms with van der Waals surface area (Å²) in [6, 6.07) is 6.50. The summed E-state index contributed by atoms with van der Waals surface area (Å²) in [5.41, 5.74) is 6.66. The summed E-state index contributed by atoms with van der Waals surface area (Å²) in [4.78, 5) is 33.8. The molecule has 21 heavy (non-hydrogen) atoms. The van der Waals surface area contributed by atoms with Gasteiger partial charge in [-0.25, -0.2) is 0 Å². The summed E-state index contributed by atoms with van der Waals surface area (Å²) in [6.45, 7) is 2.03. The van der Waals surface area contributed by atoms with E-state index in [1.807, 2.05) is 0 Å². The van der Waals surface area contributed by atoms with Gasteiger partial charge in [-0.05, 0) is 31.0 Å². The predicted octanol–water partition coefficient (Wildman–Crippen LogP) is 1.79. The lowest BCUT2D eigenvalue weighted by molar-refractivity contribution is -0.152. The van der Waals surface area contributed by atoms with E-state index in [9.17, 15) is 14.4 Å². The Morgan fingerprint density at radius 2 is 1.81 bits per heavy atom. The molecule has 0 aliphatic rings. The molecular weight excluding hydrogens is 274 g/mol. The molecule has 0 amide bonds. The predicted molar refractivity (Wildman–Crippen MR) is 76.2 cm³/mol. The van der Waals surface area contributed by atoms with Crippen LogP contribution in [-0.4, -0.2) is 24.8 Å². The summed E-state index contributed by atoms with van der Waals surface area (Å²) in [5, 5.41) is 0. The van der Waals surface area contributed by atoms with Crippen molar-refractivity contribution in [3.8, 4) is 0 Å². The minimum absolute atomic E-state index is 0.0537. The zero-order chi connectivity index (χ0) is 15.7. The molecular formula is C15H19NO5. The molecule has 1 rings (SSSR count). The van der Waals surface area contributed by atoms with E-state index in [4.69, 9.17) is 15.2 Å². The molecule has 0 aliphatic heterocycles. The average Bonchev–Trinajstić information content (AvgIpc) is 2.46. The highest BCUT2D eigenvalue weighted by molar-refractivity contribution is 5.75. The van der Waals surface area contributed by atoms with E-state index in [0.29, 0.717) is 30.6 Å². The lowest BCUT2D eigenvalue weighted by atomic mass is 10.1. The van der Waals surface area contributed by atoms with Crippen LogP contribution in [0.4, 0.5) is 5.69 Å². The van der Waals surface area contributed by atoms with E-state index in [1.165, 1.54) is 0 Å². The van der Waals surface area contributed by atoms with Crippen LogP contribution in [0.1, 0.15) is 37.9 Å². The Balaban J connectivity index is 2.42. The van der Waals surface area contributed by atoms with Crippen LogP contribution in [0.5, 0.6) is 0 Å². The van der Waals surface area contributed by atoms with Crippen LogP contribution >= 0.6 is 0 Å². The third kappa shape index (κ3) is 6.07. The first-order chi connectivity index (χ1) is 10.1. The second kappa shape index (κ2) is 8.73. The van der Waals surface area contributed by atoms with Gasteiger partial charge in [0.25, 0.3) is 0 Å². The SMILES string of the molecule is CCOC(=O)CCCC(=O)OC(C=O)c1ccc(N)cc1. The topological polar surface area (TPSA) is 95.7 Å². The van der Waals surface area contributed by atoms with Gasteiger partial charge in [-0.15, -0.1) is 0 Å². The fourth-order valence-corrected chi connectivity index (χ4v) is 1.67. The molecule has 114 valence electrons. The molecule has 0 aliphatic carbocycles. The first-order valence-electron chi connectivity index (χ1n) is 6.72. The van der Waals surface area contributed by atoms with Gasteiger partial charge in [0.1, 0.15) is 0 Å². The number of nitrogen functional groups attached to an aromatic ring is 1. The number of esters is 2. The first kappa shape index (κ1) is 16.7. The van der Waals surface area contributed by atoms with E-state index >= 15 is 0 Å². The summed E-state index contributed by atoms with van der Waals surface area (Å²) in [7, 11) is 0. The number of ether oxygens (including phenoxy) is 2. The lowest BCUT2D eigenvalue weighted by Crippen LogP contribution is -2.13. The average molecular weight is 293 g/mol. The molecule has 0 bridgehead atoms. The summed E-state index contributed by atoms with van der Waals surface area (Å²) in [5.74, 6) is -0.885. The molecule has 0 aromatic heterocycles. The summed E-state index contributed by atoms with van der Waals surface area (Å²) >= 11 is 0. The highest BCUT2D eigenvalue weighted by Crippen LogP contribution is 2.18. The number of rotatable bonds is 8. The first-order valence-corrected chi connectivity index (χ1v) is 6.72. The van der Waals surface area contributed by atoms with Crippen LogP contribution in [0.3, 0.4) is 0 Å². The number of anilines is 1. The van der Waals surface area contributed by atoms with Crippen LogP contribution in [0.25, 0.3) is 0 Å². The minimum atomic E-state index is -0.958. The van der Waals surface area contributed by atoms with Gasteiger partial charge in [0.2, 0.25) is 0 Å². The molecule has 6 nitrogen and oxygen atoms in total. The quantitative estimate of drug-likeness (QED) is 0.446. The number of hydrogen-bond acceptors (Lipinski definition) is 6. The fraction of sp³-hybridized carbons (Fsp3) is 0.400. The van der Waals surface area contributed by atoms with Crippen molar-refractivity contribution in [2.75, 3.05) is 12.3 Å². The summed E-state index contributed by atoms with van der Waals surface area (Å²) in [6.07, 6.45) is 0.120. The largest absolute Gasteiger partial charge is 0.466 e. The van der Waals surface area contributed by atoms with E-state index in [1.54, 1.807) is 31.2 Å². The van der Waals surface area contributed by atoms with E-state index in [2.05, 4.69) is 0 Å². The van der Waals surface area contributed by atoms with Crippen molar-refractivity contribution in [1.82, 2.24) is 0 Å². The fourth-order valence-electron chi connectivity index (χ4n) is 1.67. The third-order valence-corrected chi connectivity index (χ3v) is 2.71. The van der Waals surface area contributed by atoms with Gasteiger partial charge in [-0.1, -0.05) is 12.1 Å². The van der Waals surface area contributed by atoms with Crippen LogP contribution in [0, 0.1) is 0 Å². The zero-order valence-corrected chi connectivity index (χ0v) is 11.9. The molecule has 0 heterocycles. The maximum atomic E-state index is 11.6. The Morgan fingerprint density at radius 1 is 1.19 bits per heavy atom. The van der Waals surface area contributed by atoms with Crippen LogP contribution < -0.4 is 5.73 Å². The van der Waals surface area contributed by atoms with Gasteiger partial charge in [0.05, 0.1) is 6.61 Å². The number of hydrogen-bond donors (Lipinski definition) is 1. The van der Waals surface area contributed by atoms with Crippen molar-refractivity contribution < 1.29 is 23.9 Å². The van der Waals surface area contributed by atoms with Crippen LogP contribution in [-0.2, 0) is 23.9 Å². The van der Waals surface area contributed by atoms with E-state index < -0.39 is 12.1 Å². The molecule has 0 saturated heterocycles. The summed E-state index contributed by atoms with van der Waals surface area (Å²) < 4.78 is 9.81. The van der Waals surface area contributed by atoms with E-state index in [0.717, 1.165) is 0 Å². The Kier molecular flexibility index (Phi) is 6.94. The Bertz CT molecular complexity index is 483. The molecule has 6 heteroatoms. The van der Waals surface area contributed by atoms with Crippen LogP contribution in [0.2, 0.25) is 0 Å². The lowest BCUT2D eigenvalue weighted by Gasteiger charge is -2.12. The number of nitrogens with two attached hydrogens (primary N) is 1. The van der Waals surface area contributed by atoms with Gasteiger partial charge < -0.3 is 15.2 Å². The second-order valence-electron chi connectivity index (χ2n) is 4.37. The van der Waals surface area contributed by atoms with Gasteiger partial charge in [0.15, 0.2) is 12.4 Å². The smallest absolute Gasteiger partial charge is 0.306 e. The number of carbonyl (C=O) groups excluding carboxylic acids is 3. The second-order valence-corrected chi connectivity index (χ2v) is 4.37. The Labute approximate surface area is 123 Å². The Hall–Kier alpha value is -2.37. The molecule has 1 aromatic carbocycles. The van der Waals surface area contributed by atoms with Crippen LogP contribution in [0.15, 0.2) is 24.3 Å².